The lowest BCUT2D eigenvalue weighted by atomic mass is 10.0. The molecule has 0 aromatic heterocycles. The minimum absolute atomic E-state index is 0.0806. The lowest BCUT2D eigenvalue weighted by Gasteiger charge is -2.18. The van der Waals surface area contributed by atoms with Gasteiger partial charge in [-0.3, -0.25) is 9.59 Å². The molecule has 0 amide bonds. The van der Waals surface area contributed by atoms with Crippen LogP contribution in [0.5, 0.6) is 0 Å². The van der Waals surface area contributed by atoms with Gasteiger partial charge in [-0.05, 0) is 83.5 Å². The van der Waals surface area contributed by atoms with Crippen LogP contribution < -0.4 is 0 Å². The molecule has 0 N–H and O–H groups in total. The van der Waals surface area contributed by atoms with Crippen LogP contribution in [-0.2, 0) is 23.8 Å². The van der Waals surface area contributed by atoms with Gasteiger partial charge in [-0.1, -0.05) is 256 Å². The molecule has 0 rings (SSSR count). The Labute approximate surface area is 412 Å². The van der Waals surface area contributed by atoms with Crippen LogP contribution in [0.2, 0.25) is 0 Å². The molecule has 0 radical (unpaired) electrons. The van der Waals surface area contributed by atoms with E-state index in [-0.39, 0.29) is 25.2 Å². The highest BCUT2D eigenvalue weighted by atomic mass is 16.6. The Kier molecular flexibility index (Phi) is 55.3. The van der Waals surface area contributed by atoms with Gasteiger partial charge in [0.2, 0.25) is 0 Å². The smallest absolute Gasteiger partial charge is 0.306 e. The van der Waals surface area contributed by atoms with Crippen molar-refractivity contribution in [1.82, 2.24) is 0 Å². The number of hydrogen-bond acceptors (Lipinski definition) is 5. The van der Waals surface area contributed by atoms with Crippen molar-refractivity contribution in [3.63, 3.8) is 0 Å². The molecule has 0 aliphatic rings. The molecule has 0 aromatic rings. The number of carbonyl (C=O) groups excluding carboxylic acids is 2. The molecule has 0 aliphatic heterocycles. The normalized spacial score (nSPS) is 12.5. The highest BCUT2D eigenvalue weighted by Crippen LogP contribution is 2.16. The van der Waals surface area contributed by atoms with Crippen LogP contribution in [0, 0.1) is 0 Å². The molecular formula is C61H112O5. The fraction of sp³-hybridized carbons (Fsp3) is 0.836. The lowest BCUT2D eigenvalue weighted by Crippen LogP contribution is -2.30. The van der Waals surface area contributed by atoms with E-state index < -0.39 is 6.10 Å². The molecule has 0 bridgehead atoms. The zero-order valence-corrected chi connectivity index (χ0v) is 44.5. The van der Waals surface area contributed by atoms with Gasteiger partial charge in [0.1, 0.15) is 6.61 Å². The van der Waals surface area contributed by atoms with E-state index in [2.05, 4.69) is 69.4 Å². The summed E-state index contributed by atoms with van der Waals surface area (Å²) in [7, 11) is 0. The predicted octanol–water partition coefficient (Wildman–Crippen LogP) is 19.9. The summed E-state index contributed by atoms with van der Waals surface area (Å²) in [6.07, 6.45) is 71.3. The van der Waals surface area contributed by atoms with E-state index in [4.69, 9.17) is 14.2 Å². The first kappa shape index (κ1) is 63.9. The third kappa shape index (κ3) is 54.5. The van der Waals surface area contributed by atoms with Gasteiger partial charge in [0, 0.05) is 19.4 Å². The summed E-state index contributed by atoms with van der Waals surface area (Å²) < 4.78 is 17.5. The Morgan fingerprint density at radius 2 is 0.636 bits per heavy atom. The van der Waals surface area contributed by atoms with Gasteiger partial charge < -0.3 is 14.2 Å². The van der Waals surface area contributed by atoms with E-state index in [1.54, 1.807) is 0 Å². The second-order valence-corrected chi connectivity index (χ2v) is 19.5. The lowest BCUT2D eigenvalue weighted by molar-refractivity contribution is -0.163. The van der Waals surface area contributed by atoms with Crippen molar-refractivity contribution < 1.29 is 23.8 Å². The van der Waals surface area contributed by atoms with Gasteiger partial charge in [0.05, 0.1) is 6.61 Å². The first-order valence-corrected chi connectivity index (χ1v) is 29.2. The average molecular weight is 926 g/mol. The molecule has 0 aliphatic carbocycles. The third-order valence-corrected chi connectivity index (χ3v) is 12.8. The first-order chi connectivity index (χ1) is 32.6. The minimum Gasteiger partial charge on any atom is -0.462 e. The van der Waals surface area contributed by atoms with Crippen LogP contribution in [0.1, 0.15) is 303 Å². The molecule has 66 heavy (non-hydrogen) atoms. The largest absolute Gasteiger partial charge is 0.462 e. The van der Waals surface area contributed by atoms with Crippen molar-refractivity contribution in [3.05, 3.63) is 48.6 Å². The second kappa shape index (κ2) is 57.2. The monoisotopic (exact) mass is 925 g/mol. The van der Waals surface area contributed by atoms with E-state index in [1.165, 1.54) is 205 Å². The van der Waals surface area contributed by atoms with Gasteiger partial charge >= 0.3 is 11.9 Å². The molecule has 0 aromatic carbocycles. The van der Waals surface area contributed by atoms with Gasteiger partial charge in [-0.2, -0.15) is 0 Å². The minimum atomic E-state index is -0.541. The summed E-state index contributed by atoms with van der Waals surface area (Å²) >= 11 is 0. The molecule has 0 fully saturated rings. The molecular weight excluding hydrogens is 813 g/mol. The van der Waals surface area contributed by atoms with Crippen molar-refractivity contribution in [2.75, 3.05) is 19.8 Å². The zero-order valence-electron chi connectivity index (χ0n) is 44.5. The summed E-state index contributed by atoms with van der Waals surface area (Å²) in [5, 5.41) is 0. The highest BCUT2D eigenvalue weighted by molar-refractivity contribution is 5.70. The number of unbranched alkanes of at least 4 members (excludes halogenated alkanes) is 35. The number of hydrogen-bond donors (Lipinski definition) is 0. The van der Waals surface area contributed by atoms with Crippen molar-refractivity contribution in [2.45, 2.75) is 309 Å². The molecule has 0 heterocycles. The maximum Gasteiger partial charge on any atom is 0.306 e. The van der Waals surface area contributed by atoms with Crippen LogP contribution in [0.4, 0.5) is 0 Å². The Morgan fingerprint density at radius 1 is 0.333 bits per heavy atom. The Hall–Kier alpha value is -2.14. The topological polar surface area (TPSA) is 61.8 Å². The second-order valence-electron chi connectivity index (χ2n) is 19.5. The Balaban J connectivity index is 4.25. The highest BCUT2D eigenvalue weighted by Gasteiger charge is 2.17. The van der Waals surface area contributed by atoms with E-state index >= 15 is 0 Å². The Morgan fingerprint density at radius 3 is 1.03 bits per heavy atom. The van der Waals surface area contributed by atoms with Gasteiger partial charge in [-0.25, -0.2) is 0 Å². The van der Waals surface area contributed by atoms with Crippen LogP contribution in [0.3, 0.4) is 0 Å². The average Bonchev–Trinajstić information content (AvgIpc) is 3.32. The van der Waals surface area contributed by atoms with Crippen LogP contribution in [0.15, 0.2) is 48.6 Å². The van der Waals surface area contributed by atoms with Crippen LogP contribution in [-0.4, -0.2) is 37.9 Å². The molecule has 5 nitrogen and oxygen atoms in total. The SMILES string of the molecule is CCCCC/C=C\C/C=C\CCCCCCCCCCCCOCC(COC(=O)CCCCCCC/C=C\C/C=C\CCCCC)OC(=O)CCCCCCCCCCCCCCCCC. The molecule has 5 heteroatoms. The molecule has 0 spiro atoms. The molecule has 1 atom stereocenters. The van der Waals surface area contributed by atoms with Gasteiger partial charge in [-0.15, -0.1) is 0 Å². The summed E-state index contributed by atoms with van der Waals surface area (Å²) in [5.74, 6) is -0.399. The predicted molar refractivity (Wildman–Crippen MR) is 288 cm³/mol. The number of esters is 2. The van der Waals surface area contributed by atoms with Crippen molar-refractivity contribution >= 4 is 11.9 Å². The molecule has 0 saturated carbocycles. The van der Waals surface area contributed by atoms with Crippen LogP contribution >= 0.6 is 0 Å². The number of rotatable bonds is 54. The summed E-state index contributed by atoms with van der Waals surface area (Å²) in [5.41, 5.74) is 0. The Bertz CT molecular complexity index is 1090. The van der Waals surface area contributed by atoms with E-state index in [1.807, 2.05) is 0 Å². The first-order valence-electron chi connectivity index (χ1n) is 29.2. The van der Waals surface area contributed by atoms with Crippen molar-refractivity contribution in [1.29, 1.82) is 0 Å². The van der Waals surface area contributed by atoms with E-state index in [9.17, 15) is 9.59 Å². The fourth-order valence-electron chi connectivity index (χ4n) is 8.45. The number of ether oxygens (including phenoxy) is 3. The summed E-state index contributed by atoms with van der Waals surface area (Å²) in [6.45, 7) is 7.81. The van der Waals surface area contributed by atoms with E-state index in [0.29, 0.717) is 19.4 Å². The van der Waals surface area contributed by atoms with Crippen molar-refractivity contribution in [3.8, 4) is 0 Å². The third-order valence-electron chi connectivity index (χ3n) is 12.8. The van der Waals surface area contributed by atoms with Crippen molar-refractivity contribution in [2.24, 2.45) is 0 Å². The molecule has 386 valence electrons. The summed E-state index contributed by atoms with van der Waals surface area (Å²) in [4.78, 5) is 25.5. The van der Waals surface area contributed by atoms with E-state index in [0.717, 1.165) is 64.2 Å². The maximum absolute atomic E-state index is 12.9. The number of allylic oxidation sites excluding steroid dienone is 8. The summed E-state index contributed by atoms with van der Waals surface area (Å²) in [6, 6.07) is 0. The standard InChI is InChI=1S/C61H112O5/c1-4-7-10-13-16-19-22-25-28-29-30-31-32-35-38-41-44-47-50-53-56-64-57-59(66-61(63)55-52-49-46-43-40-37-34-27-24-21-18-15-12-9-6-3)58-65-60(62)54-51-48-45-42-39-36-33-26-23-20-17-14-11-8-5-2/h16-17,19-20,25-26,28,33,59H,4-15,18,21-24,27,29-32,34-58H2,1-3H3/b19-16-,20-17-,28-25-,33-26-. The van der Waals surface area contributed by atoms with Crippen LogP contribution in [0.25, 0.3) is 0 Å². The van der Waals surface area contributed by atoms with Gasteiger partial charge in [0.15, 0.2) is 6.10 Å². The zero-order chi connectivity index (χ0) is 47.7. The quantitative estimate of drug-likeness (QED) is 0.0345. The van der Waals surface area contributed by atoms with Gasteiger partial charge in [0.25, 0.3) is 0 Å². The maximum atomic E-state index is 12.9. The number of carbonyl (C=O) groups is 2. The molecule has 0 saturated heterocycles. The fourth-order valence-corrected chi connectivity index (χ4v) is 8.45. The molecule has 1 unspecified atom stereocenters.